The van der Waals surface area contributed by atoms with Gasteiger partial charge in [-0.3, -0.25) is 0 Å². The maximum atomic E-state index is 11.6. The number of fused-ring (bicyclic) bond motifs is 2. The van der Waals surface area contributed by atoms with Crippen molar-refractivity contribution in [3.8, 4) is 11.5 Å². The SMILES string of the molecule is C=C1CCC2[C@@H](O)C([C@@]3(C)CC[C@H](O)C[C@@H]3CNc3ccc4c(c3)OCO4)CC[C@@]12C. The van der Waals surface area contributed by atoms with Crippen LogP contribution in [0.3, 0.4) is 0 Å². The van der Waals surface area contributed by atoms with Crippen LogP contribution in [0.1, 0.15) is 58.8 Å². The van der Waals surface area contributed by atoms with Gasteiger partial charge in [-0.15, -0.1) is 0 Å². The van der Waals surface area contributed by atoms with Gasteiger partial charge in [-0.25, -0.2) is 0 Å². The molecule has 3 saturated carbocycles. The van der Waals surface area contributed by atoms with E-state index in [2.05, 4.69) is 25.7 Å². The normalized spacial score (nSPS) is 41.8. The first kappa shape index (κ1) is 21.1. The maximum Gasteiger partial charge on any atom is 0.231 e. The molecule has 1 heterocycles. The number of aliphatic hydroxyl groups is 2. The summed E-state index contributed by atoms with van der Waals surface area (Å²) < 4.78 is 10.9. The molecule has 7 atom stereocenters. The number of anilines is 1. The number of ether oxygens (including phenoxy) is 2. The lowest BCUT2D eigenvalue weighted by molar-refractivity contribution is -0.116. The summed E-state index contributed by atoms with van der Waals surface area (Å²) in [6, 6.07) is 5.96. The number of rotatable bonds is 4. The third-order valence-electron chi connectivity index (χ3n) is 9.46. The van der Waals surface area contributed by atoms with Crippen LogP contribution in [0.5, 0.6) is 11.5 Å². The van der Waals surface area contributed by atoms with Gasteiger partial charge in [0.1, 0.15) is 0 Å². The number of hydrogen-bond donors (Lipinski definition) is 3. The lowest BCUT2D eigenvalue weighted by atomic mass is 9.52. The van der Waals surface area contributed by atoms with Crippen LogP contribution in [-0.2, 0) is 0 Å². The molecule has 0 spiro atoms. The molecule has 2 unspecified atom stereocenters. The van der Waals surface area contributed by atoms with Crippen LogP contribution in [0, 0.1) is 28.6 Å². The van der Waals surface area contributed by atoms with Gasteiger partial charge in [-0.1, -0.05) is 26.0 Å². The maximum absolute atomic E-state index is 11.6. The summed E-state index contributed by atoms with van der Waals surface area (Å²) in [6.07, 6.45) is 6.31. The first-order chi connectivity index (χ1) is 14.8. The van der Waals surface area contributed by atoms with Crippen molar-refractivity contribution in [1.82, 2.24) is 0 Å². The Balaban J connectivity index is 1.34. The number of aliphatic hydroxyl groups excluding tert-OH is 2. The molecule has 5 rings (SSSR count). The van der Waals surface area contributed by atoms with Crippen LogP contribution in [0.4, 0.5) is 5.69 Å². The zero-order chi connectivity index (χ0) is 21.8. The second kappa shape index (κ2) is 7.70. The fourth-order valence-electron chi connectivity index (χ4n) is 7.18. The summed E-state index contributed by atoms with van der Waals surface area (Å²) in [5, 5.41) is 25.6. The molecule has 1 aromatic carbocycles. The molecule has 1 aliphatic heterocycles. The highest BCUT2D eigenvalue weighted by Crippen LogP contribution is 2.61. The van der Waals surface area contributed by atoms with E-state index in [4.69, 9.17) is 9.47 Å². The van der Waals surface area contributed by atoms with E-state index in [1.54, 1.807) is 0 Å². The first-order valence-electron chi connectivity index (χ1n) is 12.0. The van der Waals surface area contributed by atoms with Gasteiger partial charge in [0, 0.05) is 18.3 Å². The Labute approximate surface area is 185 Å². The van der Waals surface area contributed by atoms with Gasteiger partial charge in [0.2, 0.25) is 6.79 Å². The lowest BCUT2D eigenvalue weighted by Gasteiger charge is -2.55. The van der Waals surface area contributed by atoms with E-state index in [1.807, 2.05) is 18.2 Å². The van der Waals surface area contributed by atoms with Gasteiger partial charge in [0.25, 0.3) is 0 Å². The summed E-state index contributed by atoms with van der Waals surface area (Å²) in [7, 11) is 0. The van der Waals surface area contributed by atoms with Gasteiger partial charge < -0.3 is 25.0 Å². The average Bonchev–Trinajstić information content (AvgIpc) is 3.33. The minimum absolute atomic E-state index is 0.00718. The summed E-state index contributed by atoms with van der Waals surface area (Å²) in [6.45, 7) is 10.1. The zero-order valence-electron chi connectivity index (χ0n) is 18.9. The fraction of sp³-hybridized carbons (Fsp3) is 0.692. The van der Waals surface area contributed by atoms with Gasteiger partial charge in [0.15, 0.2) is 11.5 Å². The Bertz CT molecular complexity index is 856. The van der Waals surface area contributed by atoms with Crippen molar-refractivity contribution in [2.24, 2.45) is 28.6 Å². The van der Waals surface area contributed by atoms with Crippen molar-refractivity contribution in [2.45, 2.75) is 71.0 Å². The molecule has 1 aromatic rings. The minimum Gasteiger partial charge on any atom is -0.454 e. The molecule has 0 amide bonds. The average molecular weight is 428 g/mol. The Morgan fingerprint density at radius 1 is 1.06 bits per heavy atom. The Morgan fingerprint density at radius 2 is 1.87 bits per heavy atom. The molecule has 0 saturated heterocycles. The lowest BCUT2D eigenvalue weighted by Crippen LogP contribution is -2.53. The predicted octanol–water partition coefficient (Wildman–Crippen LogP) is 4.74. The van der Waals surface area contributed by atoms with E-state index >= 15 is 0 Å². The minimum atomic E-state index is -0.286. The highest BCUT2D eigenvalue weighted by atomic mass is 16.7. The van der Waals surface area contributed by atoms with E-state index in [0.717, 1.165) is 68.7 Å². The van der Waals surface area contributed by atoms with E-state index in [9.17, 15) is 10.2 Å². The van der Waals surface area contributed by atoms with Crippen LogP contribution >= 0.6 is 0 Å². The van der Waals surface area contributed by atoms with E-state index in [-0.39, 0.29) is 35.7 Å². The largest absolute Gasteiger partial charge is 0.454 e. The molecule has 3 fully saturated rings. The van der Waals surface area contributed by atoms with Gasteiger partial charge in [0.05, 0.1) is 12.2 Å². The number of nitrogens with one attached hydrogen (secondary N) is 1. The number of benzene rings is 1. The molecule has 3 aliphatic carbocycles. The highest BCUT2D eigenvalue weighted by Gasteiger charge is 2.56. The van der Waals surface area contributed by atoms with Crippen molar-refractivity contribution in [3.63, 3.8) is 0 Å². The van der Waals surface area contributed by atoms with Crippen LogP contribution in [0.25, 0.3) is 0 Å². The predicted molar refractivity (Wildman–Crippen MR) is 121 cm³/mol. The molecular formula is C26H37NO4. The van der Waals surface area contributed by atoms with Crippen LogP contribution < -0.4 is 14.8 Å². The number of allylic oxidation sites excluding steroid dienone is 1. The second-order valence-electron chi connectivity index (χ2n) is 10.9. The molecular weight excluding hydrogens is 390 g/mol. The van der Waals surface area contributed by atoms with E-state index in [0.29, 0.717) is 11.8 Å². The highest BCUT2D eigenvalue weighted by molar-refractivity contribution is 5.55. The monoisotopic (exact) mass is 427 g/mol. The summed E-state index contributed by atoms with van der Waals surface area (Å²) in [5.74, 6) is 2.46. The molecule has 5 nitrogen and oxygen atoms in total. The third kappa shape index (κ3) is 3.45. The zero-order valence-corrected chi connectivity index (χ0v) is 18.9. The Hall–Kier alpha value is -1.72. The van der Waals surface area contributed by atoms with E-state index < -0.39 is 0 Å². The Kier molecular flexibility index (Phi) is 5.25. The van der Waals surface area contributed by atoms with Crippen LogP contribution in [0.2, 0.25) is 0 Å². The molecule has 3 N–H and O–H groups in total. The van der Waals surface area contributed by atoms with Crippen molar-refractivity contribution >= 4 is 5.69 Å². The molecule has 31 heavy (non-hydrogen) atoms. The quantitative estimate of drug-likeness (QED) is 0.606. The van der Waals surface area contributed by atoms with Crippen molar-refractivity contribution in [2.75, 3.05) is 18.7 Å². The van der Waals surface area contributed by atoms with Gasteiger partial charge >= 0.3 is 0 Å². The van der Waals surface area contributed by atoms with Gasteiger partial charge in [-0.05, 0) is 85.7 Å². The standard InChI is InChI=1S/C26H37NO4/c1-16-4-6-20-24(29)21(9-11-25(16,20)2)26(3)10-8-19(28)12-17(26)14-27-18-5-7-22-23(13-18)31-15-30-22/h5,7,13,17,19-21,24,27-29H,1,4,6,8-12,14-15H2,2-3H3/t17-,19+,20?,21?,24-,25+,26+/m1/s1. The summed E-state index contributed by atoms with van der Waals surface area (Å²) in [4.78, 5) is 0. The smallest absolute Gasteiger partial charge is 0.231 e. The van der Waals surface area contributed by atoms with Crippen molar-refractivity contribution in [3.05, 3.63) is 30.4 Å². The number of hydrogen-bond acceptors (Lipinski definition) is 5. The van der Waals surface area contributed by atoms with E-state index in [1.165, 1.54) is 5.57 Å². The topological polar surface area (TPSA) is 71.0 Å². The molecule has 0 radical (unpaired) electrons. The molecule has 4 aliphatic rings. The fourth-order valence-corrected chi connectivity index (χ4v) is 7.18. The molecule has 170 valence electrons. The van der Waals surface area contributed by atoms with Crippen molar-refractivity contribution < 1.29 is 19.7 Å². The summed E-state index contributed by atoms with van der Waals surface area (Å²) in [5.41, 5.74) is 2.45. The Morgan fingerprint density at radius 3 is 2.71 bits per heavy atom. The molecule has 0 bridgehead atoms. The van der Waals surface area contributed by atoms with Gasteiger partial charge in [-0.2, -0.15) is 0 Å². The molecule has 5 heteroatoms. The van der Waals surface area contributed by atoms with Crippen LogP contribution in [0.15, 0.2) is 30.4 Å². The van der Waals surface area contributed by atoms with Crippen LogP contribution in [-0.4, -0.2) is 35.8 Å². The third-order valence-corrected chi connectivity index (χ3v) is 9.46. The molecule has 0 aromatic heterocycles. The first-order valence-corrected chi connectivity index (χ1v) is 12.0. The summed E-state index contributed by atoms with van der Waals surface area (Å²) >= 11 is 0. The van der Waals surface area contributed by atoms with Crippen molar-refractivity contribution in [1.29, 1.82) is 0 Å². The second-order valence-corrected chi connectivity index (χ2v) is 10.9.